The van der Waals surface area contributed by atoms with Gasteiger partial charge in [0.1, 0.15) is 0 Å². The monoisotopic (exact) mass is 285 g/mol. The summed E-state index contributed by atoms with van der Waals surface area (Å²) in [5, 5.41) is 13.4. The normalized spacial score (nSPS) is 50.3. The molecule has 4 aliphatic carbocycles. The van der Waals surface area contributed by atoms with E-state index in [1.807, 2.05) is 0 Å². The van der Waals surface area contributed by atoms with Crippen LogP contribution in [0.3, 0.4) is 0 Å². The molecule has 0 spiro atoms. The molecule has 0 aromatic heterocycles. The molecular weight excluding hydrogens is 258 g/mol. The first kappa shape index (κ1) is 13.6. The van der Waals surface area contributed by atoms with Gasteiger partial charge in [-0.15, -0.1) is 0 Å². The minimum Gasteiger partial charge on any atom is -0.411 e. The summed E-state index contributed by atoms with van der Waals surface area (Å²) in [6.45, 7) is 4.95. The molecule has 2 fully saturated rings. The molecule has 2 nitrogen and oxygen atoms in total. The molecule has 2 saturated carbocycles. The predicted octanol–water partition coefficient (Wildman–Crippen LogP) is 4.95. The summed E-state index contributed by atoms with van der Waals surface area (Å²) in [5.41, 5.74) is 3.17. The summed E-state index contributed by atoms with van der Waals surface area (Å²) in [5.74, 6) is 1.88. The van der Waals surface area contributed by atoms with Gasteiger partial charge in [-0.05, 0) is 72.8 Å². The summed E-state index contributed by atoms with van der Waals surface area (Å²) < 4.78 is 0. The van der Waals surface area contributed by atoms with Gasteiger partial charge >= 0.3 is 0 Å². The Morgan fingerprint density at radius 1 is 1.14 bits per heavy atom. The minimum atomic E-state index is 0.303. The fourth-order valence-corrected chi connectivity index (χ4v) is 6.15. The van der Waals surface area contributed by atoms with Crippen LogP contribution in [0.1, 0.15) is 58.8 Å². The van der Waals surface area contributed by atoms with E-state index < -0.39 is 0 Å². The maximum absolute atomic E-state index is 9.63. The van der Waals surface area contributed by atoms with E-state index in [2.05, 4.69) is 37.2 Å². The highest BCUT2D eigenvalue weighted by Crippen LogP contribution is 2.63. The topological polar surface area (TPSA) is 32.6 Å². The van der Waals surface area contributed by atoms with Crippen LogP contribution in [0, 0.1) is 28.6 Å². The zero-order chi connectivity index (χ0) is 14.7. The fourth-order valence-electron chi connectivity index (χ4n) is 6.15. The molecule has 0 amide bonds. The van der Waals surface area contributed by atoms with Gasteiger partial charge in [0.2, 0.25) is 0 Å². The molecule has 0 heterocycles. The molecule has 0 saturated heterocycles. The molecular formula is C19H27NO. The highest BCUT2D eigenvalue weighted by Gasteiger charge is 2.56. The number of hydrogen-bond donors (Lipinski definition) is 1. The van der Waals surface area contributed by atoms with Gasteiger partial charge in [-0.25, -0.2) is 0 Å². The van der Waals surface area contributed by atoms with Crippen molar-refractivity contribution in [1.82, 2.24) is 0 Å². The van der Waals surface area contributed by atoms with Crippen molar-refractivity contribution in [2.75, 3.05) is 0 Å². The summed E-state index contributed by atoms with van der Waals surface area (Å²) in [6, 6.07) is 0. The third kappa shape index (κ3) is 1.74. The Labute approximate surface area is 128 Å². The van der Waals surface area contributed by atoms with Crippen LogP contribution in [0.15, 0.2) is 29.0 Å². The van der Waals surface area contributed by atoms with Gasteiger partial charge in [0, 0.05) is 5.92 Å². The highest BCUT2D eigenvalue weighted by atomic mass is 16.4. The quantitative estimate of drug-likeness (QED) is 0.496. The molecule has 4 rings (SSSR count). The lowest BCUT2D eigenvalue weighted by Crippen LogP contribution is -2.51. The first-order valence-electron chi connectivity index (χ1n) is 8.69. The van der Waals surface area contributed by atoms with Crippen LogP contribution in [-0.2, 0) is 0 Å². The number of fused-ring (bicyclic) bond motifs is 5. The zero-order valence-corrected chi connectivity index (χ0v) is 13.3. The number of rotatable bonds is 0. The minimum absolute atomic E-state index is 0.303. The fraction of sp³-hybridized carbons (Fsp3) is 0.737. The second kappa shape index (κ2) is 4.47. The van der Waals surface area contributed by atoms with Crippen molar-refractivity contribution >= 4 is 5.71 Å². The van der Waals surface area contributed by atoms with E-state index in [0.717, 1.165) is 11.6 Å². The first-order valence-corrected chi connectivity index (χ1v) is 8.69. The van der Waals surface area contributed by atoms with Gasteiger partial charge in [0.25, 0.3) is 0 Å². The third-order valence-corrected chi connectivity index (χ3v) is 7.42. The largest absolute Gasteiger partial charge is 0.411 e. The van der Waals surface area contributed by atoms with E-state index in [0.29, 0.717) is 22.7 Å². The Balaban J connectivity index is 1.83. The first-order chi connectivity index (χ1) is 10.1. The summed E-state index contributed by atoms with van der Waals surface area (Å²) in [6.07, 6.45) is 16.0. The van der Waals surface area contributed by atoms with Crippen molar-refractivity contribution in [3.63, 3.8) is 0 Å². The van der Waals surface area contributed by atoms with Gasteiger partial charge in [-0.3, -0.25) is 0 Å². The average Bonchev–Trinajstić information content (AvgIpc) is 2.87. The maximum Gasteiger partial charge on any atom is 0.0835 e. The lowest BCUT2D eigenvalue weighted by molar-refractivity contribution is 0.0164. The van der Waals surface area contributed by atoms with Gasteiger partial charge < -0.3 is 5.21 Å². The molecule has 0 unspecified atom stereocenters. The van der Waals surface area contributed by atoms with Gasteiger partial charge in [-0.2, -0.15) is 0 Å². The van der Waals surface area contributed by atoms with Gasteiger partial charge in [0.05, 0.1) is 5.71 Å². The molecule has 21 heavy (non-hydrogen) atoms. The van der Waals surface area contributed by atoms with Crippen LogP contribution in [0.2, 0.25) is 0 Å². The van der Waals surface area contributed by atoms with E-state index in [-0.39, 0.29) is 0 Å². The van der Waals surface area contributed by atoms with E-state index in [1.165, 1.54) is 50.5 Å². The predicted molar refractivity (Wildman–Crippen MR) is 85.4 cm³/mol. The van der Waals surface area contributed by atoms with Crippen LogP contribution in [0.25, 0.3) is 0 Å². The van der Waals surface area contributed by atoms with E-state index in [1.54, 1.807) is 0 Å². The Morgan fingerprint density at radius 2 is 2.00 bits per heavy atom. The van der Waals surface area contributed by atoms with E-state index >= 15 is 0 Å². The Bertz CT molecular complexity index is 546. The molecule has 5 atom stereocenters. The number of oxime groups is 1. The van der Waals surface area contributed by atoms with Crippen molar-refractivity contribution in [3.8, 4) is 0 Å². The van der Waals surface area contributed by atoms with Crippen molar-refractivity contribution in [2.45, 2.75) is 58.8 Å². The molecule has 1 N–H and O–H groups in total. The second-order valence-corrected chi connectivity index (χ2v) is 8.31. The second-order valence-electron chi connectivity index (χ2n) is 8.31. The molecule has 0 aromatic rings. The Kier molecular flexibility index (Phi) is 2.90. The van der Waals surface area contributed by atoms with Gasteiger partial charge in [-0.1, -0.05) is 37.6 Å². The van der Waals surface area contributed by atoms with E-state index in [9.17, 15) is 5.21 Å². The molecule has 2 heteroatoms. The molecule has 0 aliphatic heterocycles. The Morgan fingerprint density at radius 3 is 2.81 bits per heavy atom. The average molecular weight is 285 g/mol. The zero-order valence-electron chi connectivity index (χ0n) is 13.3. The van der Waals surface area contributed by atoms with Gasteiger partial charge in [0.15, 0.2) is 0 Å². The van der Waals surface area contributed by atoms with Crippen LogP contribution < -0.4 is 0 Å². The van der Waals surface area contributed by atoms with Crippen molar-refractivity contribution in [2.24, 2.45) is 33.7 Å². The lowest BCUT2D eigenvalue weighted by atomic mass is 9.48. The molecule has 0 aromatic carbocycles. The molecule has 4 aliphatic rings. The molecule has 0 radical (unpaired) electrons. The lowest BCUT2D eigenvalue weighted by Gasteiger charge is -2.55. The summed E-state index contributed by atoms with van der Waals surface area (Å²) in [4.78, 5) is 0. The smallest absolute Gasteiger partial charge is 0.0835 e. The third-order valence-electron chi connectivity index (χ3n) is 7.42. The summed E-state index contributed by atoms with van der Waals surface area (Å²) >= 11 is 0. The number of hydrogen-bond acceptors (Lipinski definition) is 2. The van der Waals surface area contributed by atoms with Crippen LogP contribution in [0.5, 0.6) is 0 Å². The summed E-state index contributed by atoms with van der Waals surface area (Å²) in [7, 11) is 0. The number of nitrogens with zero attached hydrogens (tertiary/aromatic N) is 1. The molecule has 114 valence electrons. The van der Waals surface area contributed by atoms with Crippen LogP contribution in [0.4, 0.5) is 0 Å². The SMILES string of the molecule is C[C@@]12CCC[C@H]1[C@@H]1/C(=N\O)C=C3C=CCC[C@]3(C)[C@H]1CC2. The molecule has 0 bridgehead atoms. The highest BCUT2D eigenvalue weighted by molar-refractivity contribution is 5.99. The van der Waals surface area contributed by atoms with Crippen molar-refractivity contribution in [1.29, 1.82) is 0 Å². The Hall–Kier alpha value is -1.05. The maximum atomic E-state index is 9.63. The van der Waals surface area contributed by atoms with Crippen LogP contribution in [-0.4, -0.2) is 10.9 Å². The van der Waals surface area contributed by atoms with E-state index in [4.69, 9.17) is 0 Å². The van der Waals surface area contributed by atoms with Crippen LogP contribution >= 0.6 is 0 Å². The van der Waals surface area contributed by atoms with Crippen molar-refractivity contribution < 1.29 is 5.21 Å². The number of allylic oxidation sites excluding steroid dienone is 4. The standard InChI is InChI=1S/C19H27NO/c1-18-9-5-7-14(18)17-15(8-11-18)19(2)10-4-3-6-13(19)12-16(17)20-21/h3,6,12,14-15,17,21H,4-5,7-11H2,1-2H3/b20-16-/t14-,15-,17-,18-,19-/m0/s1. The van der Waals surface area contributed by atoms with Crippen molar-refractivity contribution in [3.05, 3.63) is 23.8 Å².